The van der Waals surface area contributed by atoms with E-state index in [1.54, 1.807) is 23.1 Å². The highest BCUT2D eigenvalue weighted by atomic mass is 35.5. The van der Waals surface area contributed by atoms with Crippen LogP contribution >= 0.6 is 11.6 Å². The molecule has 0 saturated carbocycles. The van der Waals surface area contributed by atoms with E-state index in [4.69, 9.17) is 16.0 Å². The summed E-state index contributed by atoms with van der Waals surface area (Å²) in [6.07, 6.45) is 5.22. The van der Waals surface area contributed by atoms with Crippen LogP contribution in [0.2, 0.25) is 5.02 Å². The average Bonchev–Trinajstić information content (AvgIpc) is 3.50. The number of hydrogen-bond acceptors (Lipinski definition) is 5. The van der Waals surface area contributed by atoms with Crippen molar-refractivity contribution in [2.24, 2.45) is 0 Å². The average molecular weight is 448 g/mol. The number of furan rings is 1. The van der Waals surface area contributed by atoms with Crippen LogP contribution in [0.5, 0.6) is 0 Å². The number of carbonyl (C=O) groups is 1. The highest BCUT2D eigenvalue weighted by Gasteiger charge is 2.26. The molecule has 0 spiro atoms. The molecule has 1 aliphatic rings. The van der Waals surface area contributed by atoms with E-state index in [1.165, 1.54) is 5.56 Å². The standard InChI is InChI=1S/C24H22ClN5O2/c25-19-3-1-4-20(15-19)30-22(23-5-2-14-32-23)16-21(27-30)24(31)29-12-10-28(11-13-29)17-18-6-8-26-9-7-18/h1-9,14-16H,10-13,17H2. The van der Waals surface area contributed by atoms with E-state index < -0.39 is 0 Å². The van der Waals surface area contributed by atoms with Gasteiger partial charge in [-0.3, -0.25) is 14.7 Å². The van der Waals surface area contributed by atoms with E-state index in [1.807, 2.05) is 59.8 Å². The third kappa shape index (κ3) is 4.30. The number of hydrogen-bond donors (Lipinski definition) is 0. The van der Waals surface area contributed by atoms with Gasteiger partial charge in [-0.25, -0.2) is 4.68 Å². The van der Waals surface area contributed by atoms with E-state index in [0.29, 0.717) is 35.3 Å². The molecule has 0 atom stereocenters. The lowest BCUT2D eigenvalue weighted by Crippen LogP contribution is -2.48. The number of nitrogens with zero attached hydrogens (tertiary/aromatic N) is 5. The minimum atomic E-state index is -0.0813. The molecule has 0 N–H and O–H groups in total. The molecule has 1 saturated heterocycles. The summed E-state index contributed by atoms with van der Waals surface area (Å²) in [6.45, 7) is 3.80. The minimum Gasteiger partial charge on any atom is -0.463 e. The van der Waals surface area contributed by atoms with Crippen molar-refractivity contribution in [3.8, 4) is 17.1 Å². The maximum Gasteiger partial charge on any atom is 0.274 e. The van der Waals surface area contributed by atoms with E-state index in [9.17, 15) is 4.79 Å². The quantitative estimate of drug-likeness (QED) is 0.460. The van der Waals surface area contributed by atoms with Gasteiger partial charge < -0.3 is 9.32 Å². The van der Waals surface area contributed by atoms with Gasteiger partial charge in [0.15, 0.2) is 11.5 Å². The normalized spacial score (nSPS) is 14.6. The first-order valence-electron chi connectivity index (χ1n) is 10.5. The van der Waals surface area contributed by atoms with Crippen molar-refractivity contribution in [1.82, 2.24) is 24.6 Å². The second kappa shape index (κ2) is 8.98. The van der Waals surface area contributed by atoms with Gasteiger partial charge in [0.2, 0.25) is 0 Å². The third-order valence-corrected chi connectivity index (χ3v) is 5.81. The number of rotatable bonds is 5. The van der Waals surface area contributed by atoms with Gasteiger partial charge in [0.25, 0.3) is 5.91 Å². The molecule has 162 valence electrons. The molecule has 1 amide bonds. The Kier molecular flexibility index (Phi) is 5.75. The first kappa shape index (κ1) is 20.5. The fourth-order valence-corrected chi connectivity index (χ4v) is 4.09. The Morgan fingerprint density at radius 2 is 1.81 bits per heavy atom. The number of pyridine rings is 1. The second-order valence-electron chi connectivity index (χ2n) is 7.71. The van der Waals surface area contributed by atoms with Gasteiger partial charge in [0, 0.05) is 56.2 Å². The van der Waals surface area contributed by atoms with Crippen molar-refractivity contribution in [3.05, 3.63) is 89.5 Å². The van der Waals surface area contributed by atoms with Crippen LogP contribution in [-0.2, 0) is 6.54 Å². The van der Waals surface area contributed by atoms with Crippen LogP contribution in [0.3, 0.4) is 0 Å². The SMILES string of the molecule is O=C(c1cc(-c2ccco2)n(-c2cccc(Cl)c2)n1)N1CCN(Cc2ccncc2)CC1. The molecule has 1 aliphatic heterocycles. The lowest BCUT2D eigenvalue weighted by Gasteiger charge is -2.34. The Labute approximate surface area is 190 Å². The summed E-state index contributed by atoms with van der Waals surface area (Å²) in [5, 5.41) is 5.22. The van der Waals surface area contributed by atoms with Gasteiger partial charge in [-0.05, 0) is 48.0 Å². The number of aromatic nitrogens is 3. The molecular formula is C24H22ClN5O2. The van der Waals surface area contributed by atoms with Crippen LogP contribution in [-0.4, -0.2) is 56.7 Å². The highest BCUT2D eigenvalue weighted by Crippen LogP contribution is 2.26. The van der Waals surface area contributed by atoms with Crippen molar-refractivity contribution in [3.63, 3.8) is 0 Å². The van der Waals surface area contributed by atoms with Crippen molar-refractivity contribution < 1.29 is 9.21 Å². The fraction of sp³-hybridized carbons (Fsp3) is 0.208. The van der Waals surface area contributed by atoms with Crippen LogP contribution < -0.4 is 0 Å². The van der Waals surface area contributed by atoms with Crippen LogP contribution in [0.25, 0.3) is 17.1 Å². The summed E-state index contributed by atoms with van der Waals surface area (Å²) in [5.41, 5.74) is 3.09. The first-order valence-corrected chi connectivity index (χ1v) is 10.9. The minimum absolute atomic E-state index is 0.0813. The van der Waals surface area contributed by atoms with Crippen molar-refractivity contribution in [2.45, 2.75) is 6.54 Å². The molecule has 0 radical (unpaired) electrons. The Morgan fingerprint density at radius 1 is 1.00 bits per heavy atom. The summed E-state index contributed by atoms with van der Waals surface area (Å²) in [4.78, 5) is 21.5. The number of benzene rings is 1. The Bertz CT molecular complexity index is 1200. The lowest BCUT2D eigenvalue weighted by atomic mass is 10.2. The smallest absolute Gasteiger partial charge is 0.274 e. The van der Waals surface area contributed by atoms with Crippen molar-refractivity contribution in [2.75, 3.05) is 26.2 Å². The Morgan fingerprint density at radius 3 is 2.53 bits per heavy atom. The van der Waals surface area contributed by atoms with Gasteiger partial charge in [0.05, 0.1) is 12.0 Å². The third-order valence-electron chi connectivity index (χ3n) is 5.57. The fourth-order valence-electron chi connectivity index (χ4n) is 3.91. The molecular weight excluding hydrogens is 426 g/mol. The number of amides is 1. The molecule has 3 aromatic heterocycles. The van der Waals surface area contributed by atoms with Crippen molar-refractivity contribution >= 4 is 17.5 Å². The zero-order chi connectivity index (χ0) is 21.9. The van der Waals surface area contributed by atoms with E-state index in [-0.39, 0.29) is 5.91 Å². The van der Waals surface area contributed by atoms with Gasteiger partial charge in [-0.2, -0.15) is 5.10 Å². The van der Waals surface area contributed by atoms with Gasteiger partial charge in [0.1, 0.15) is 5.69 Å². The highest BCUT2D eigenvalue weighted by molar-refractivity contribution is 6.30. The molecule has 8 heteroatoms. The van der Waals surface area contributed by atoms with E-state index >= 15 is 0 Å². The zero-order valence-electron chi connectivity index (χ0n) is 17.4. The molecule has 5 rings (SSSR count). The lowest BCUT2D eigenvalue weighted by molar-refractivity contribution is 0.0622. The first-order chi connectivity index (χ1) is 15.7. The van der Waals surface area contributed by atoms with Crippen LogP contribution in [0.15, 0.2) is 77.7 Å². The predicted molar refractivity (Wildman–Crippen MR) is 122 cm³/mol. The van der Waals surface area contributed by atoms with Crippen molar-refractivity contribution in [1.29, 1.82) is 0 Å². The maximum absolute atomic E-state index is 13.3. The van der Waals surface area contributed by atoms with Gasteiger partial charge in [-0.15, -0.1) is 0 Å². The molecule has 4 heterocycles. The molecule has 32 heavy (non-hydrogen) atoms. The molecule has 0 unspecified atom stereocenters. The van der Waals surface area contributed by atoms with Gasteiger partial charge >= 0.3 is 0 Å². The largest absolute Gasteiger partial charge is 0.463 e. The maximum atomic E-state index is 13.3. The molecule has 1 aromatic carbocycles. The Balaban J connectivity index is 1.35. The molecule has 0 bridgehead atoms. The summed E-state index contributed by atoms with van der Waals surface area (Å²) >= 11 is 6.19. The van der Waals surface area contributed by atoms with Crippen LogP contribution in [0, 0.1) is 0 Å². The molecule has 4 aromatic rings. The summed E-state index contributed by atoms with van der Waals surface area (Å²) < 4.78 is 7.30. The van der Waals surface area contributed by atoms with E-state index in [2.05, 4.69) is 15.0 Å². The summed E-state index contributed by atoms with van der Waals surface area (Å²) in [5.74, 6) is 0.556. The number of halogens is 1. The second-order valence-corrected chi connectivity index (χ2v) is 8.14. The predicted octanol–water partition coefficient (Wildman–Crippen LogP) is 4.14. The Hall–Kier alpha value is -3.42. The topological polar surface area (TPSA) is 67.4 Å². The summed E-state index contributed by atoms with van der Waals surface area (Å²) in [6, 6.07) is 16.9. The van der Waals surface area contributed by atoms with Gasteiger partial charge in [-0.1, -0.05) is 17.7 Å². The van der Waals surface area contributed by atoms with Crippen LogP contribution in [0.1, 0.15) is 16.1 Å². The van der Waals surface area contributed by atoms with E-state index in [0.717, 1.165) is 25.3 Å². The summed E-state index contributed by atoms with van der Waals surface area (Å²) in [7, 11) is 0. The number of carbonyl (C=O) groups excluding carboxylic acids is 1. The number of piperazine rings is 1. The van der Waals surface area contributed by atoms with Crippen LogP contribution in [0.4, 0.5) is 0 Å². The molecule has 7 nitrogen and oxygen atoms in total. The zero-order valence-corrected chi connectivity index (χ0v) is 18.2. The molecule has 1 fully saturated rings. The monoisotopic (exact) mass is 447 g/mol. The molecule has 0 aliphatic carbocycles.